The summed E-state index contributed by atoms with van der Waals surface area (Å²) in [6.45, 7) is 0.663. The van der Waals surface area contributed by atoms with Gasteiger partial charge in [0.25, 0.3) is 0 Å². The highest BCUT2D eigenvalue weighted by molar-refractivity contribution is 5.81. The lowest BCUT2D eigenvalue weighted by atomic mass is 10.3. The molecule has 1 aromatic heterocycles. The van der Waals surface area contributed by atoms with Gasteiger partial charge in [0.05, 0.1) is 7.11 Å². The van der Waals surface area contributed by atoms with E-state index in [4.69, 9.17) is 0 Å². The van der Waals surface area contributed by atoms with Gasteiger partial charge in [-0.3, -0.25) is 4.98 Å². The van der Waals surface area contributed by atoms with E-state index in [-0.39, 0.29) is 5.97 Å². The summed E-state index contributed by atoms with van der Waals surface area (Å²) in [5.41, 5.74) is 1.11. The van der Waals surface area contributed by atoms with E-state index in [1.54, 1.807) is 18.6 Å². The maximum absolute atomic E-state index is 10.7. The number of hydrogen-bond acceptors (Lipinski definition) is 4. The van der Waals surface area contributed by atoms with Crippen molar-refractivity contribution in [2.24, 2.45) is 0 Å². The van der Waals surface area contributed by atoms with Gasteiger partial charge in [-0.05, 0) is 17.7 Å². The van der Waals surface area contributed by atoms with Gasteiger partial charge in [0.2, 0.25) is 0 Å². The molecule has 1 heterocycles. The SMILES string of the molecule is COC(=O)/C=C\NCc1ccncc1. The Bertz CT molecular complexity index is 309. The molecule has 0 unspecified atom stereocenters. The van der Waals surface area contributed by atoms with Crippen molar-refractivity contribution in [1.29, 1.82) is 0 Å². The van der Waals surface area contributed by atoms with Crippen LogP contribution in [0.4, 0.5) is 0 Å². The van der Waals surface area contributed by atoms with Crippen molar-refractivity contribution in [2.75, 3.05) is 7.11 Å². The van der Waals surface area contributed by atoms with Crippen molar-refractivity contribution in [1.82, 2.24) is 10.3 Å². The molecule has 0 aliphatic heterocycles. The van der Waals surface area contributed by atoms with Gasteiger partial charge in [0.15, 0.2) is 0 Å². The lowest BCUT2D eigenvalue weighted by Gasteiger charge is -1.99. The zero-order chi connectivity index (χ0) is 10.2. The van der Waals surface area contributed by atoms with Crippen LogP contribution in [0.1, 0.15) is 5.56 Å². The Kier molecular flexibility index (Phi) is 4.20. The third-order valence-electron chi connectivity index (χ3n) is 1.59. The molecule has 0 saturated carbocycles. The number of hydrogen-bond donors (Lipinski definition) is 1. The van der Waals surface area contributed by atoms with Gasteiger partial charge < -0.3 is 10.1 Å². The zero-order valence-corrected chi connectivity index (χ0v) is 7.93. The second-order valence-corrected chi connectivity index (χ2v) is 2.59. The number of ether oxygens (including phenoxy) is 1. The number of nitrogens with zero attached hydrogens (tertiary/aromatic N) is 1. The van der Waals surface area contributed by atoms with Crippen LogP contribution < -0.4 is 5.32 Å². The van der Waals surface area contributed by atoms with Gasteiger partial charge in [0.1, 0.15) is 0 Å². The number of pyridine rings is 1. The van der Waals surface area contributed by atoms with Crippen molar-refractivity contribution in [3.05, 3.63) is 42.4 Å². The summed E-state index contributed by atoms with van der Waals surface area (Å²) >= 11 is 0. The Morgan fingerprint density at radius 2 is 2.29 bits per heavy atom. The van der Waals surface area contributed by atoms with Crippen LogP contribution in [-0.4, -0.2) is 18.1 Å². The van der Waals surface area contributed by atoms with Crippen molar-refractivity contribution >= 4 is 5.97 Å². The first-order valence-corrected chi connectivity index (χ1v) is 4.19. The monoisotopic (exact) mass is 192 g/mol. The molecule has 74 valence electrons. The highest BCUT2D eigenvalue weighted by Gasteiger charge is 1.90. The molecule has 4 heteroatoms. The number of methoxy groups -OCH3 is 1. The summed E-state index contributed by atoms with van der Waals surface area (Å²) in [7, 11) is 1.34. The maximum Gasteiger partial charge on any atom is 0.331 e. The lowest BCUT2D eigenvalue weighted by Crippen LogP contribution is -2.06. The van der Waals surface area contributed by atoms with Gasteiger partial charge >= 0.3 is 5.97 Å². The maximum atomic E-state index is 10.7. The van der Waals surface area contributed by atoms with E-state index in [1.807, 2.05) is 12.1 Å². The van der Waals surface area contributed by atoms with Gasteiger partial charge in [-0.1, -0.05) is 0 Å². The van der Waals surface area contributed by atoms with E-state index in [1.165, 1.54) is 13.2 Å². The first kappa shape index (κ1) is 10.2. The van der Waals surface area contributed by atoms with Crippen LogP contribution in [0, 0.1) is 0 Å². The van der Waals surface area contributed by atoms with Crippen molar-refractivity contribution in [3.8, 4) is 0 Å². The fourth-order valence-electron chi connectivity index (χ4n) is 0.872. The second kappa shape index (κ2) is 5.75. The average molecular weight is 192 g/mol. The number of rotatable bonds is 4. The zero-order valence-electron chi connectivity index (χ0n) is 7.93. The Balaban J connectivity index is 2.29. The third-order valence-corrected chi connectivity index (χ3v) is 1.59. The fourth-order valence-corrected chi connectivity index (χ4v) is 0.872. The smallest absolute Gasteiger partial charge is 0.331 e. The summed E-state index contributed by atoms with van der Waals surface area (Å²) in [6.07, 6.45) is 6.34. The van der Waals surface area contributed by atoms with Crippen LogP contribution in [0.15, 0.2) is 36.8 Å². The molecule has 1 rings (SSSR count). The number of nitrogens with one attached hydrogen (secondary N) is 1. The van der Waals surface area contributed by atoms with Crippen molar-refractivity contribution < 1.29 is 9.53 Å². The predicted molar refractivity (Wildman–Crippen MR) is 52.2 cm³/mol. The number of esters is 1. The molecule has 0 amide bonds. The normalized spacial score (nSPS) is 10.1. The summed E-state index contributed by atoms with van der Waals surface area (Å²) < 4.78 is 4.43. The van der Waals surface area contributed by atoms with E-state index in [2.05, 4.69) is 15.0 Å². The minimum atomic E-state index is -0.368. The summed E-state index contributed by atoms with van der Waals surface area (Å²) in [5.74, 6) is -0.368. The average Bonchev–Trinajstić information content (AvgIpc) is 2.25. The highest BCUT2D eigenvalue weighted by atomic mass is 16.5. The van der Waals surface area contributed by atoms with Crippen LogP contribution in [0.25, 0.3) is 0 Å². The van der Waals surface area contributed by atoms with Crippen molar-refractivity contribution in [3.63, 3.8) is 0 Å². The molecule has 0 saturated heterocycles. The summed E-state index contributed by atoms with van der Waals surface area (Å²) in [6, 6.07) is 3.80. The molecule has 14 heavy (non-hydrogen) atoms. The largest absolute Gasteiger partial charge is 0.466 e. The first-order chi connectivity index (χ1) is 6.83. The molecule has 0 fully saturated rings. The molecular formula is C10H12N2O2. The van der Waals surface area contributed by atoms with Crippen LogP contribution in [0.5, 0.6) is 0 Å². The number of carbonyl (C=O) groups excluding carboxylic acids is 1. The Labute approximate surface area is 82.6 Å². The molecule has 0 aromatic carbocycles. The summed E-state index contributed by atoms with van der Waals surface area (Å²) in [5, 5.41) is 2.96. The third kappa shape index (κ3) is 3.71. The summed E-state index contributed by atoms with van der Waals surface area (Å²) in [4.78, 5) is 14.6. The molecule has 0 aliphatic carbocycles. The highest BCUT2D eigenvalue weighted by Crippen LogP contribution is 1.94. The van der Waals surface area contributed by atoms with Crippen molar-refractivity contribution in [2.45, 2.75) is 6.54 Å². The Morgan fingerprint density at radius 3 is 2.93 bits per heavy atom. The lowest BCUT2D eigenvalue weighted by molar-refractivity contribution is -0.134. The van der Waals surface area contributed by atoms with E-state index in [0.29, 0.717) is 6.54 Å². The standard InChI is InChI=1S/C10H12N2O2/c1-14-10(13)4-7-12-8-9-2-5-11-6-3-9/h2-7,12H,8H2,1H3/b7-4-. The Hall–Kier alpha value is -1.84. The predicted octanol–water partition coefficient (Wildman–Crippen LogP) is 0.858. The molecule has 0 radical (unpaired) electrons. The van der Waals surface area contributed by atoms with E-state index >= 15 is 0 Å². The minimum absolute atomic E-state index is 0.368. The number of aromatic nitrogens is 1. The quantitative estimate of drug-likeness (QED) is 0.567. The van der Waals surface area contributed by atoms with Gasteiger partial charge in [0, 0.05) is 31.2 Å². The molecule has 1 aromatic rings. The molecule has 0 aliphatic rings. The van der Waals surface area contributed by atoms with E-state index < -0.39 is 0 Å². The fraction of sp³-hybridized carbons (Fsp3) is 0.200. The van der Waals surface area contributed by atoms with Crippen LogP contribution in [0.2, 0.25) is 0 Å². The number of carbonyl (C=O) groups is 1. The molecular weight excluding hydrogens is 180 g/mol. The van der Waals surface area contributed by atoms with Gasteiger partial charge in [-0.2, -0.15) is 0 Å². The Morgan fingerprint density at radius 1 is 1.57 bits per heavy atom. The van der Waals surface area contributed by atoms with Crippen LogP contribution in [-0.2, 0) is 16.1 Å². The first-order valence-electron chi connectivity index (χ1n) is 4.19. The topological polar surface area (TPSA) is 51.2 Å². The molecule has 4 nitrogen and oxygen atoms in total. The van der Waals surface area contributed by atoms with E-state index in [0.717, 1.165) is 5.56 Å². The second-order valence-electron chi connectivity index (χ2n) is 2.59. The van der Waals surface area contributed by atoms with Gasteiger partial charge in [-0.25, -0.2) is 4.79 Å². The van der Waals surface area contributed by atoms with Crippen LogP contribution in [0.3, 0.4) is 0 Å². The molecule has 0 atom stereocenters. The molecule has 0 bridgehead atoms. The minimum Gasteiger partial charge on any atom is -0.466 e. The van der Waals surface area contributed by atoms with E-state index in [9.17, 15) is 4.79 Å². The molecule has 0 spiro atoms. The van der Waals surface area contributed by atoms with Gasteiger partial charge in [-0.15, -0.1) is 0 Å². The molecule has 1 N–H and O–H groups in total. The van der Waals surface area contributed by atoms with Crippen LogP contribution >= 0.6 is 0 Å².